The van der Waals surface area contributed by atoms with Gasteiger partial charge in [0, 0.05) is 24.1 Å². The molecule has 1 heterocycles. The molecule has 1 aromatic heterocycles. The van der Waals surface area contributed by atoms with Gasteiger partial charge in [-0.15, -0.1) is 0 Å². The highest BCUT2D eigenvalue weighted by Crippen LogP contribution is 2.20. The van der Waals surface area contributed by atoms with Gasteiger partial charge >= 0.3 is 0 Å². The molecule has 0 aliphatic rings. The molecule has 0 unspecified atom stereocenters. The molecule has 0 saturated carbocycles. The number of hydrogen-bond acceptors (Lipinski definition) is 3. The maximum Gasteiger partial charge on any atom is 0.134 e. The first-order valence-corrected chi connectivity index (χ1v) is 6.05. The van der Waals surface area contributed by atoms with Crippen molar-refractivity contribution in [3.63, 3.8) is 0 Å². The summed E-state index contributed by atoms with van der Waals surface area (Å²) in [4.78, 5) is 4.35. The summed E-state index contributed by atoms with van der Waals surface area (Å²) < 4.78 is 0. The van der Waals surface area contributed by atoms with Crippen LogP contribution in [0.2, 0.25) is 5.15 Å². The first kappa shape index (κ1) is 12.3. The highest BCUT2D eigenvalue weighted by atomic mass is 35.5. The van der Waals surface area contributed by atoms with E-state index in [4.69, 9.17) is 16.7 Å². The van der Waals surface area contributed by atoms with Gasteiger partial charge in [-0.3, -0.25) is 0 Å². The van der Waals surface area contributed by atoms with Crippen LogP contribution in [0, 0.1) is 0 Å². The highest BCUT2D eigenvalue weighted by molar-refractivity contribution is 6.30. The largest absolute Gasteiger partial charge is 0.396 e. The molecule has 0 fully saturated rings. The van der Waals surface area contributed by atoms with Crippen molar-refractivity contribution in [2.45, 2.75) is 13.0 Å². The van der Waals surface area contributed by atoms with Crippen molar-refractivity contribution in [1.82, 2.24) is 10.3 Å². The summed E-state index contributed by atoms with van der Waals surface area (Å²) in [6, 6.07) is 9.96. The van der Waals surface area contributed by atoms with Crippen LogP contribution < -0.4 is 5.32 Å². The van der Waals surface area contributed by atoms with Crippen LogP contribution in [0.25, 0.3) is 10.9 Å². The van der Waals surface area contributed by atoms with Crippen LogP contribution in [0.1, 0.15) is 12.0 Å². The number of nitrogens with zero attached hydrogens (tertiary/aromatic N) is 1. The second-order valence-electron chi connectivity index (χ2n) is 3.88. The van der Waals surface area contributed by atoms with E-state index in [-0.39, 0.29) is 6.61 Å². The summed E-state index contributed by atoms with van der Waals surface area (Å²) in [5.74, 6) is 0. The number of fused-ring (bicyclic) bond motifs is 1. The van der Waals surface area contributed by atoms with Crippen LogP contribution in [0.4, 0.5) is 0 Å². The molecule has 0 aliphatic heterocycles. The topological polar surface area (TPSA) is 45.1 Å². The van der Waals surface area contributed by atoms with Crippen molar-refractivity contribution in [3.8, 4) is 0 Å². The van der Waals surface area contributed by atoms with Crippen molar-refractivity contribution < 1.29 is 5.11 Å². The van der Waals surface area contributed by atoms with E-state index in [1.807, 2.05) is 24.3 Å². The van der Waals surface area contributed by atoms with Crippen LogP contribution in [-0.2, 0) is 6.54 Å². The quantitative estimate of drug-likeness (QED) is 0.633. The second kappa shape index (κ2) is 5.96. The normalized spacial score (nSPS) is 10.9. The Morgan fingerprint density at radius 3 is 2.94 bits per heavy atom. The van der Waals surface area contributed by atoms with Crippen molar-refractivity contribution in [1.29, 1.82) is 0 Å². The minimum absolute atomic E-state index is 0.205. The third-order valence-electron chi connectivity index (χ3n) is 2.58. The van der Waals surface area contributed by atoms with Crippen LogP contribution in [0.3, 0.4) is 0 Å². The highest BCUT2D eigenvalue weighted by Gasteiger charge is 2.03. The summed E-state index contributed by atoms with van der Waals surface area (Å²) >= 11 is 6.12. The maximum atomic E-state index is 8.68. The Hall–Kier alpha value is -1.16. The van der Waals surface area contributed by atoms with E-state index < -0.39 is 0 Å². The van der Waals surface area contributed by atoms with Gasteiger partial charge in [0.05, 0.1) is 5.52 Å². The summed E-state index contributed by atoms with van der Waals surface area (Å²) in [6.45, 7) is 1.66. The molecule has 0 saturated heterocycles. The molecule has 17 heavy (non-hydrogen) atoms. The maximum absolute atomic E-state index is 8.68. The fourth-order valence-corrected chi connectivity index (χ4v) is 1.90. The summed E-state index contributed by atoms with van der Waals surface area (Å²) in [7, 11) is 0. The van der Waals surface area contributed by atoms with Crippen LogP contribution >= 0.6 is 11.6 Å². The number of hydrogen-bond donors (Lipinski definition) is 2. The lowest BCUT2D eigenvalue weighted by Crippen LogP contribution is -2.16. The van der Waals surface area contributed by atoms with E-state index in [1.165, 1.54) is 0 Å². The third-order valence-corrected chi connectivity index (χ3v) is 2.90. The van der Waals surface area contributed by atoms with E-state index in [1.54, 1.807) is 0 Å². The van der Waals surface area contributed by atoms with Crippen molar-refractivity contribution in [2.24, 2.45) is 0 Å². The van der Waals surface area contributed by atoms with E-state index >= 15 is 0 Å². The zero-order valence-electron chi connectivity index (χ0n) is 9.49. The number of para-hydroxylation sites is 1. The molecule has 2 rings (SSSR count). The number of rotatable bonds is 5. The van der Waals surface area contributed by atoms with Crippen LogP contribution in [-0.4, -0.2) is 23.2 Å². The molecular formula is C13H15ClN2O. The van der Waals surface area contributed by atoms with E-state index in [2.05, 4.69) is 16.4 Å². The molecule has 1 aromatic carbocycles. The van der Waals surface area contributed by atoms with E-state index in [0.29, 0.717) is 11.7 Å². The molecule has 0 spiro atoms. The number of aliphatic hydroxyl groups excluding tert-OH is 1. The molecule has 0 atom stereocenters. The molecule has 3 nitrogen and oxygen atoms in total. The number of nitrogens with one attached hydrogen (secondary N) is 1. The lowest BCUT2D eigenvalue weighted by molar-refractivity contribution is 0.286. The van der Waals surface area contributed by atoms with Gasteiger partial charge < -0.3 is 10.4 Å². The minimum Gasteiger partial charge on any atom is -0.396 e. The lowest BCUT2D eigenvalue weighted by Gasteiger charge is -2.07. The Morgan fingerprint density at radius 2 is 2.12 bits per heavy atom. The van der Waals surface area contributed by atoms with E-state index in [0.717, 1.165) is 29.4 Å². The Morgan fingerprint density at radius 1 is 1.29 bits per heavy atom. The summed E-state index contributed by atoms with van der Waals surface area (Å²) in [6.07, 6.45) is 0.749. The van der Waals surface area contributed by atoms with Gasteiger partial charge in [-0.25, -0.2) is 4.98 Å². The fraction of sp³-hybridized carbons (Fsp3) is 0.308. The molecule has 0 aliphatic carbocycles. The van der Waals surface area contributed by atoms with Gasteiger partial charge in [0.15, 0.2) is 0 Å². The average Bonchev–Trinajstić information content (AvgIpc) is 2.35. The smallest absolute Gasteiger partial charge is 0.134 e. The minimum atomic E-state index is 0.205. The van der Waals surface area contributed by atoms with Crippen molar-refractivity contribution in [2.75, 3.05) is 13.2 Å². The predicted molar refractivity (Wildman–Crippen MR) is 70.2 cm³/mol. The van der Waals surface area contributed by atoms with Gasteiger partial charge in [-0.2, -0.15) is 0 Å². The molecule has 4 heteroatoms. The molecule has 90 valence electrons. The summed E-state index contributed by atoms with van der Waals surface area (Å²) in [5.41, 5.74) is 1.90. The molecular weight excluding hydrogens is 236 g/mol. The van der Waals surface area contributed by atoms with Crippen molar-refractivity contribution >= 4 is 22.5 Å². The third kappa shape index (κ3) is 3.16. The van der Waals surface area contributed by atoms with Gasteiger partial charge in [-0.1, -0.05) is 29.8 Å². The summed E-state index contributed by atoms with van der Waals surface area (Å²) in [5, 5.41) is 13.5. The number of benzene rings is 1. The molecule has 2 N–H and O–H groups in total. The van der Waals surface area contributed by atoms with Crippen LogP contribution in [0.5, 0.6) is 0 Å². The molecule has 2 aromatic rings. The first-order valence-electron chi connectivity index (χ1n) is 5.67. The SMILES string of the molecule is OCCCNCc1cc2ccccc2nc1Cl. The Bertz CT molecular complexity index is 502. The standard InChI is InChI=1S/C13H15ClN2O/c14-13-11(9-15-6-3-7-17)8-10-4-1-2-5-12(10)16-13/h1-2,4-5,8,15,17H,3,6-7,9H2. The predicted octanol–water partition coefficient (Wildman–Crippen LogP) is 2.36. The second-order valence-corrected chi connectivity index (χ2v) is 4.24. The number of pyridine rings is 1. The first-order chi connectivity index (χ1) is 8.31. The Balaban J connectivity index is 2.14. The number of aliphatic hydroxyl groups is 1. The van der Waals surface area contributed by atoms with Crippen molar-refractivity contribution in [3.05, 3.63) is 41.0 Å². The molecule has 0 amide bonds. The Labute approximate surface area is 105 Å². The lowest BCUT2D eigenvalue weighted by atomic mass is 10.1. The fourth-order valence-electron chi connectivity index (χ4n) is 1.69. The zero-order valence-corrected chi connectivity index (χ0v) is 10.2. The molecule has 0 bridgehead atoms. The monoisotopic (exact) mass is 250 g/mol. The van der Waals surface area contributed by atoms with Gasteiger partial charge in [0.25, 0.3) is 0 Å². The van der Waals surface area contributed by atoms with Crippen LogP contribution in [0.15, 0.2) is 30.3 Å². The van der Waals surface area contributed by atoms with Gasteiger partial charge in [-0.05, 0) is 25.1 Å². The Kier molecular flexibility index (Phi) is 4.31. The van der Waals surface area contributed by atoms with E-state index in [9.17, 15) is 0 Å². The van der Waals surface area contributed by atoms with Gasteiger partial charge in [0.2, 0.25) is 0 Å². The zero-order chi connectivity index (χ0) is 12.1. The molecule has 0 radical (unpaired) electrons. The van der Waals surface area contributed by atoms with Gasteiger partial charge in [0.1, 0.15) is 5.15 Å². The average molecular weight is 251 g/mol. The number of halogens is 1. The number of aromatic nitrogens is 1.